The molecule has 1 amide bonds. The predicted octanol–water partition coefficient (Wildman–Crippen LogP) is 1.43. The van der Waals surface area contributed by atoms with Crippen molar-refractivity contribution in [3.05, 3.63) is 47.5 Å². The largest absolute Gasteiger partial charge is 0.378 e. The summed E-state index contributed by atoms with van der Waals surface area (Å²) < 4.78 is 34.9. The van der Waals surface area contributed by atoms with Crippen molar-refractivity contribution in [1.29, 1.82) is 0 Å². The lowest BCUT2D eigenvalue weighted by atomic mass is 10.2. The number of aromatic nitrogens is 2. The molecular weight excluding hydrogens is 380 g/mol. The molecule has 2 aliphatic heterocycles. The van der Waals surface area contributed by atoms with Crippen LogP contribution in [0.15, 0.2) is 35.4 Å². The second-order valence-corrected chi connectivity index (χ2v) is 9.08. The van der Waals surface area contributed by atoms with Crippen LogP contribution in [-0.2, 0) is 21.3 Å². The molecule has 3 heterocycles. The van der Waals surface area contributed by atoms with Crippen LogP contribution >= 0.6 is 0 Å². The first-order chi connectivity index (χ1) is 13.4. The maximum absolute atomic E-state index is 13.1. The molecule has 0 N–H and O–H groups in total. The highest BCUT2D eigenvalue weighted by atomic mass is 32.2. The molecule has 2 aromatic rings. The topological polar surface area (TPSA) is 84.7 Å². The van der Waals surface area contributed by atoms with Crippen LogP contribution < -0.4 is 0 Å². The SMILES string of the molecule is Cc1ccc(S(=O)(=O)N2CCn3cc(C(=O)N4CCOCC4)nc3[C@@H]2C)cc1. The van der Waals surface area contributed by atoms with E-state index in [0.717, 1.165) is 5.56 Å². The van der Waals surface area contributed by atoms with Crippen LogP contribution in [0.1, 0.15) is 34.8 Å². The molecule has 1 fully saturated rings. The fourth-order valence-electron chi connectivity index (χ4n) is 3.68. The molecule has 0 bridgehead atoms. The van der Waals surface area contributed by atoms with Gasteiger partial charge in [-0.25, -0.2) is 13.4 Å². The number of amides is 1. The van der Waals surface area contributed by atoms with Gasteiger partial charge in [0, 0.05) is 32.4 Å². The number of fused-ring (bicyclic) bond motifs is 1. The van der Waals surface area contributed by atoms with Gasteiger partial charge in [0.1, 0.15) is 11.5 Å². The highest BCUT2D eigenvalue weighted by molar-refractivity contribution is 7.89. The number of sulfonamides is 1. The lowest BCUT2D eigenvalue weighted by Gasteiger charge is -2.32. The maximum Gasteiger partial charge on any atom is 0.274 e. The van der Waals surface area contributed by atoms with Crippen LogP contribution in [0.2, 0.25) is 0 Å². The normalized spacial score (nSPS) is 20.8. The molecule has 0 spiro atoms. The Kier molecular flexibility index (Phi) is 4.98. The Balaban J connectivity index is 1.60. The Labute approximate surface area is 164 Å². The van der Waals surface area contributed by atoms with Gasteiger partial charge in [0.15, 0.2) is 0 Å². The van der Waals surface area contributed by atoms with E-state index in [2.05, 4.69) is 4.98 Å². The number of carbonyl (C=O) groups is 1. The third-order valence-electron chi connectivity index (χ3n) is 5.32. The van der Waals surface area contributed by atoms with Crippen molar-refractivity contribution < 1.29 is 17.9 Å². The molecule has 0 unspecified atom stereocenters. The van der Waals surface area contributed by atoms with Crippen molar-refractivity contribution in [1.82, 2.24) is 18.8 Å². The van der Waals surface area contributed by atoms with Crippen molar-refractivity contribution in [2.45, 2.75) is 31.3 Å². The van der Waals surface area contributed by atoms with Crippen molar-refractivity contribution in [3.8, 4) is 0 Å². The number of aryl methyl sites for hydroxylation is 1. The summed E-state index contributed by atoms with van der Waals surface area (Å²) in [7, 11) is -3.63. The number of carbonyl (C=O) groups excluding carboxylic acids is 1. The number of hydrogen-bond acceptors (Lipinski definition) is 5. The van der Waals surface area contributed by atoms with Gasteiger partial charge in [-0.05, 0) is 26.0 Å². The fourth-order valence-corrected chi connectivity index (χ4v) is 5.26. The van der Waals surface area contributed by atoms with Gasteiger partial charge in [0.25, 0.3) is 5.91 Å². The first kappa shape index (κ1) is 19.1. The molecule has 0 saturated carbocycles. The summed E-state index contributed by atoms with van der Waals surface area (Å²) in [6.07, 6.45) is 1.74. The Morgan fingerprint density at radius 2 is 1.79 bits per heavy atom. The van der Waals surface area contributed by atoms with Gasteiger partial charge in [0.2, 0.25) is 10.0 Å². The zero-order valence-electron chi connectivity index (χ0n) is 16.0. The van der Waals surface area contributed by atoms with Crippen LogP contribution in [0.4, 0.5) is 0 Å². The summed E-state index contributed by atoms with van der Waals surface area (Å²) in [6.45, 7) is 6.68. The minimum absolute atomic E-state index is 0.134. The zero-order chi connectivity index (χ0) is 19.9. The Morgan fingerprint density at radius 3 is 2.46 bits per heavy atom. The molecule has 9 heteroatoms. The van der Waals surface area contributed by atoms with Gasteiger partial charge in [-0.15, -0.1) is 0 Å². The van der Waals surface area contributed by atoms with E-state index in [4.69, 9.17) is 4.74 Å². The maximum atomic E-state index is 13.1. The molecule has 1 aromatic heterocycles. The summed E-state index contributed by atoms with van der Waals surface area (Å²) in [5.74, 6) is 0.462. The van der Waals surface area contributed by atoms with E-state index in [1.54, 1.807) is 35.4 Å². The van der Waals surface area contributed by atoms with Crippen molar-refractivity contribution in [3.63, 3.8) is 0 Å². The summed E-state index contributed by atoms with van der Waals surface area (Å²) in [4.78, 5) is 19.2. The van der Waals surface area contributed by atoms with Crippen LogP contribution in [0, 0.1) is 6.92 Å². The first-order valence-electron chi connectivity index (χ1n) is 9.40. The summed E-state index contributed by atoms with van der Waals surface area (Å²) >= 11 is 0. The lowest BCUT2D eigenvalue weighted by molar-refractivity contribution is 0.0299. The zero-order valence-corrected chi connectivity index (χ0v) is 16.9. The number of ether oxygens (including phenoxy) is 1. The van der Waals surface area contributed by atoms with Crippen LogP contribution in [0.3, 0.4) is 0 Å². The average molecular weight is 404 g/mol. The van der Waals surface area contributed by atoms with Crippen LogP contribution in [0.5, 0.6) is 0 Å². The molecule has 150 valence electrons. The molecule has 1 atom stereocenters. The van der Waals surface area contributed by atoms with Crippen molar-refractivity contribution >= 4 is 15.9 Å². The number of nitrogens with zero attached hydrogens (tertiary/aromatic N) is 4. The number of morpholine rings is 1. The van der Waals surface area contributed by atoms with E-state index in [0.29, 0.717) is 50.9 Å². The van der Waals surface area contributed by atoms with Gasteiger partial charge < -0.3 is 14.2 Å². The molecular formula is C19H24N4O4S. The first-order valence-corrected chi connectivity index (χ1v) is 10.8. The fraction of sp³-hybridized carbons (Fsp3) is 0.474. The van der Waals surface area contributed by atoms with E-state index < -0.39 is 16.1 Å². The molecule has 28 heavy (non-hydrogen) atoms. The van der Waals surface area contributed by atoms with E-state index in [9.17, 15) is 13.2 Å². The molecule has 0 aliphatic carbocycles. The predicted molar refractivity (Wildman–Crippen MR) is 102 cm³/mol. The van der Waals surface area contributed by atoms with Gasteiger partial charge in [-0.1, -0.05) is 17.7 Å². The third-order valence-corrected chi connectivity index (χ3v) is 7.30. The van der Waals surface area contributed by atoms with Crippen molar-refractivity contribution in [2.24, 2.45) is 0 Å². The summed E-state index contributed by atoms with van der Waals surface area (Å²) in [6, 6.07) is 6.40. The van der Waals surface area contributed by atoms with Gasteiger partial charge in [0.05, 0.1) is 24.2 Å². The highest BCUT2D eigenvalue weighted by Crippen LogP contribution is 2.30. The van der Waals surface area contributed by atoms with Crippen LogP contribution in [-0.4, -0.2) is 65.9 Å². The standard InChI is InChI=1S/C19H24N4O4S/c1-14-3-5-16(6-4-14)28(25,26)23-8-7-22-13-17(20-18(22)15(23)2)19(24)21-9-11-27-12-10-21/h3-6,13,15H,7-12H2,1-2H3/t15-/m0/s1. The lowest BCUT2D eigenvalue weighted by Crippen LogP contribution is -2.41. The van der Waals surface area contributed by atoms with Gasteiger partial charge >= 0.3 is 0 Å². The smallest absolute Gasteiger partial charge is 0.274 e. The van der Waals surface area contributed by atoms with E-state index in [1.165, 1.54) is 4.31 Å². The molecule has 1 saturated heterocycles. The Bertz CT molecular complexity index is 978. The van der Waals surface area contributed by atoms with E-state index in [1.807, 2.05) is 18.4 Å². The minimum atomic E-state index is -3.63. The quantitative estimate of drug-likeness (QED) is 0.773. The Morgan fingerprint density at radius 1 is 1.11 bits per heavy atom. The second kappa shape index (κ2) is 7.31. The average Bonchev–Trinajstić information content (AvgIpc) is 3.14. The van der Waals surface area contributed by atoms with E-state index in [-0.39, 0.29) is 10.8 Å². The number of rotatable bonds is 3. The monoisotopic (exact) mass is 404 g/mol. The number of benzene rings is 1. The minimum Gasteiger partial charge on any atom is -0.378 e. The van der Waals surface area contributed by atoms with Crippen molar-refractivity contribution in [2.75, 3.05) is 32.8 Å². The molecule has 1 aromatic carbocycles. The van der Waals surface area contributed by atoms with E-state index >= 15 is 0 Å². The van der Waals surface area contributed by atoms with Gasteiger partial charge in [-0.2, -0.15) is 4.31 Å². The summed E-state index contributed by atoms with van der Waals surface area (Å²) in [5, 5.41) is 0. The Hall–Kier alpha value is -2.23. The third kappa shape index (κ3) is 3.34. The molecule has 0 radical (unpaired) electrons. The second-order valence-electron chi connectivity index (χ2n) is 7.19. The molecule has 4 rings (SSSR count). The highest BCUT2D eigenvalue weighted by Gasteiger charge is 2.36. The summed E-state index contributed by atoms with van der Waals surface area (Å²) in [5.41, 5.74) is 1.37. The van der Waals surface area contributed by atoms with Crippen LogP contribution in [0.25, 0.3) is 0 Å². The number of hydrogen-bond donors (Lipinski definition) is 0. The molecule has 2 aliphatic rings. The van der Waals surface area contributed by atoms with Gasteiger partial charge in [-0.3, -0.25) is 4.79 Å². The number of imidazole rings is 1. The molecule has 8 nitrogen and oxygen atoms in total.